The normalized spacial score (nSPS) is 11.8. The van der Waals surface area contributed by atoms with E-state index in [9.17, 15) is 9.18 Å². The second-order valence-corrected chi connectivity index (χ2v) is 7.99. The molecule has 4 rings (SSSR count). The Hall–Kier alpha value is -4.35. The van der Waals surface area contributed by atoms with Gasteiger partial charge in [-0.05, 0) is 42.5 Å². The quantitative estimate of drug-likeness (QED) is 0.286. The molecule has 4 aromatic rings. The number of carbonyl (C=O) groups excluding carboxylic acids is 1. The van der Waals surface area contributed by atoms with Crippen molar-refractivity contribution in [2.45, 2.75) is 19.0 Å². The molecule has 3 heterocycles. The molecule has 0 fully saturated rings. The maximum atomic E-state index is 13.8. The SMILES string of the molecule is N#CCn1cc(/C=C/C(=O)NC(Cc2ccccn2)c2cccc(Cl)n2)c(-c2cccc(F)c2)n1. The monoisotopic (exact) mass is 486 g/mol. The van der Waals surface area contributed by atoms with Crippen LogP contribution in [0.3, 0.4) is 0 Å². The van der Waals surface area contributed by atoms with E-state index in [1.165, 1.54) is 22.9 Å². The molecule has 174 valence electrons. The van der Waals surface area contributed by atoms with Crippen LogP contribution in [0.1, 0.15) is 23.0 Å². The first-order valence-electron chi connectivity index (χ1n) is 10.7. The molecule has 35 heavy (non-hydrogen) atoms. The van der Waals surface area contributed by atoms with Gasteiger partial charge >= 0.3 is 0 Å². The Labute approximate surface area is 206 Å². The van der Waals surface area contributed by atoms with Crippen LogP contribution in [-0.2, 0) is 17.8 Å². The topological polar surface area (TPSA) is 96.5 Å². The summed E-state index contributed by atoms with van der Waals surface area (Å²) in [6.07, 6.45) is 6.69. The van der Waals surface area contributed by atoms with Gasteiger partial charge in [0.1, 0.15) is 17.5 Å². The zero-order valence-electron chi connectivity index (χ0n) is 18.5. The van der Waals surface area contributed by atoms with Gasteiger partial charge in [0.2, 0.25) is 5.91 Å². The maximum absolute atomic E-state index is 13.8. The van der Waals surface area contributed by atoms with Gasteiger partial charge in [0.05, 0.1) is 23.5 Å². The highest BCUT2D eigenvalue weighted by atomic mass is 35.5. The Morgan fingerprint density at radius 3 is 2.80 bits per heavy atom. The summed E-state index contributed by atoms with van der Waals surface area (Å²) in [7, 11) is 0. The van der Waals surface area contributed by atoms with Crippen LogP contribution in [0.25, 0.3) is 17.3 Å². The third-order valence-electron chi connectivity index (χ3n) is 5.08. The van der Waals surface area contributed by atoms with Crippen molar-refractivity contribution in [3.63, 3.8) is 0 Å². The smallest absolute Gasteiger partial charge is 0.244 e. The molecule has 0 radical (unpaired) electrons. The average Bonchev–Trinajstić information content (AvgIpc) is 3.26. The Morgan fingerprint density at radius 2 is 2.06 bits per heavy atom. The van der Waals surface area contributed by atoms with Gasteiger partial charge in [-0.3, -0.25) is 14.5 Å². The summed E-state index contributed by atoms with van der Waals surface area (Å²) in [5.74, 6) is -0.776. The minimum absolute atomic E-state index is 0.0228. The first kappa shape index (κ1) is 23.8. The van der Waals surface area contributed by atoms with Gasteiger partial charge < -0.3 is 5.32 Å². The van der Waals surface area contributed by atoms with E-state index in [0.29, 0.717) is 34.1 Å². The predicted octanol–water partition coefficient (Wildman–Crippen LogP) is 4.77. The van der Waals surface area contributed by atoms with E-state index in [1.807, 2.05) is 24.3 Å². The summed E-state index contributed by atoms with van der Waals surface area (Å²) < 4.78 is 15.2. The van der Waals surface area contributed by atoms with Crippen molar-refractivity contribution in [3.8, 4) is 17.3 Å². The van der Waals surface area contributed by atoms with Crippen molar-refractivity contribution in [3.05, 3.63) is 107 Å². The van der Waals surface area contributed by atoms with Crippen molar-refractivity contribution in [1.82, 2.24) is 25.1 Å². The predicted molar refractivity (Wildman–Crippen MR) is 130 cm³/mol. The molecule has 1 aromatic carbocycles. The van der Waals surface area contributed by atoms with Crippen LogP contribution in [0.2, 0.25) is 5.15 Å². The van der Waals surface area contributed by atoms with Crippen molar-refractivity contribution < 1.29 is 9.18 Å². The largest absolute Gasteiger partial charge is 0.344 e. The highest BCUT2D eigenvalue weighted by molar-refractivity contribution is 6.29. The first-order chi connectivity index (χ1) is 17.0. The molecule has 7 nitrogen and oxygen atoms in total. The summed E-state index contributed by atoms with van der Waals surface area (Å²) in [6, 6.07) is 18.3. The summed E-state index contributed by atoms with van der Waals surface area (Å²) in [5, 5.41) is 16.7. The van der Waals surface area contributed by atoms with E-state index < -0.39 is 11.9 Å². The lowest BCUT2D eigenvalue weighted by Crippen LogP contribution is -2.29. The van der Waals surface area contributed by atoms with Crippen LogP contribution < -0.4 is 5.32 Å². The molecule has 0 spiro atoms. The van der Waals surface area contributed by atoms with Crippen LogP contribution in [0, 0.1) is 17.1 Å². The molecule has 1 atom stereocenters. The van der Waals surface area contributed by atoms with E-state index in [-0.39, 0.29) is 12.5 Å². The van der Waals surface area contributed by atoms with E-state index in [0.717, 1.165) is 5.69 Å². The van der Waals surface area contributed by atoms with Gasteiger partial charge in [-0.2, -0.15) is 10.4 Å². The number of amides is 1. The number of aromatic nitrogens is 4. The van der Waals surface area contributed by atoms with Crippen molar-refractivity contribution in [2.75, 3.05) is 0 Å². The van der Waals surface area contributed by atoms with E-state index >= 15 is 0 Å². The standard InChI is InChI=1S/C26H20ClFN6O/c27-24-9-4-8-22(31-24)23(16-21-7-1-2-13-30-21)32-25(35)11-10-19-17-34(14-12-29)33-26(19)18-5-3-6-20(28)15-18/h1-11,13,15,17,23H,14,16H2,(H,32,35)/b11-10+. The molecule has 1 N–H and O–H groups in total. The van der Waals surface area contributed by atoms with Crippen LogP contribution >= 0.6 is 11.6 Å². The third-order valence-corrected chi connectivity index (χ3v) is 5.30. The third kappa shape index (κ3) is 6.37. The Balaban J connectivity index is 1.58. The summed E-state index contributed by atoms with van der Waals surface area (Å²) in [4.78, 5) is 21.6. The van der Waals surface area contributed by atoms with Gasteiger partial charge in [-0.1, -0.05) is 35.9 Å². The average molecular weight is 487 g/mol. The molecular weight excluding hydrogens is 467 g/mol. The fourth-order valence-electron chi connectivity index (χ4n) is 3.53. The molecule has 9 heteroatoms. The highest BCUT2D eigenvalue weighted by Gasteiger charge is 2.17. The molecule has 3 aromatic heterocycles. The fraction of sp³-hybridized carbons (Fsp3) is 0.115. The molecular formula is C26H20ClFN6O. The molecule has 0 saturated heterocycles. The first-order valence-corrected chi connectivity index (χ1v) is 11.1. The fourth-order valence-corrected chi connectivity index (χ4v) is 3.70. The number of benzene rings is 1. The van der Waals surface area contributed by atoms with Gasteiger partial charge in [0.15, 0.2) is 0 Å². The van der Waals surface area contributed by atoms with Crippen LogP contribution in [0.4, 0.5) is 4.39 Å². The van der Waals surface area contributed by atoms with Gasteiger partial charge in [0, 0.05) is 41.7 Å². The lowest BCUT2D eigenvalue weighted by molar-refractivity contribution is -0.117. The van der Waals surface area contributed by atoms with Crippen molar-refractivity contribution >= 4 is 23.6 Å². The molecule has 0 bridgehead atoms. The van der Waals surface area contributed by atoms with Crippen molar-refractivity contribution in [1.29, 1.82) is 5.26 Å². The van der Waals surface area contributed by atoms with E-state index in [4.69, 9.17) is 16.9 Å². The highest BCUT2D eigenvalue weighted by Crippen LogP contribution is 2.24. The lowest BCUT2D eigenvalue weighted by Gasteiger charge is -2.17. The van der Waals surface area contributed by atoms with E-state index in [2.05, 4.69) is 20.4 Å². The Bertz CT molecular complexity index is 1400. The number of nitrogens with one attached hydrogen (secondary N) is 1. The van der Waals surface area contributed by atoms with Crippen LogP contribution in [-0.4, -0.2) is 25.7 Å². The lowest BCUT2D eigenvalue weighted by atomic mass is 10.1. The molecule has 0 aliphatic rings. The zero-order chi connectivity index (χ0) is 24.6. The number of hydrogen-bond acceptors (Lipinski definition) is 5. The number of halogens is 2. The molecule has 1 amide bonds. The summed E-state index contributed by atoms with van der Waals surface area (Å²) in [6.45, 7) is 0.0228. The number of hydrogen-bond donors (Lipinski definition) is 1. The minimum atomic E-state index is -0.468. The number of rotatable bonds is 8. The Kier molecular flexibility index (Phi) is 7.60. The number of carbonyl (C=O) groups is 1. The Morgan fingerprint density at radius 1 is 1.20 bits per heavy atom. The summed E-state index contributed by atoms with van der Waals surface area (Å²) >= 11 is 6.07. The number of pyridine rings is 2. The molecule has 0 saturated carbocycles. The van der Waals surface area contributed by atoms with Crippen LogP contribution in [0.5, 0.6) is 0 Å². The van der Waals surface area contributed by atoms with Crippen LogP contribution in [0.15, 0.2) is 79.1 Å². The minimum Gasteiger partial charge on any atom is -0.344 e. The van der Waals surface area contributed by atoms with Gasteiger partial charge in [-0.15, -0.1) is 0 Å². The van der Waals surface area contributed by atoms with Gasteiger partial charge in [-0.25, -0.2) is 9.37 Å². The second-order valence-electron chi connectivity index (χ2n) is 7.60. The van der Waals surface area contributed by atoms with E-state index in [1.54, 1.807) is 48.8 Å². The van der Waals surface area contributed by atoms with Crippen molar-refractivity contribution in [2.24, 2.45) is 0 Å². The molecule has 1 unspecified atom stereocenters. The number of nitrogens with zero attached hydrogens (tertiary/aromatic N) is 5. The summed E-state index contributed by atoms with van der Waals surface area (Å²) in [5.41, 5.74) is 2.97. The maximum Gasteiger partial charge on any atom is 0.244 e. The van der Waals surface area contributed by atoms with Gasteiger partial charge in [0.25, 0.3) is 0 Å². The molecule has 0 aliphatic carbocycles. The second kappa shape index (κ2) is 11.2. The molecule has 0 aliphatic heterocycles. The zero-order valence-corrected chi connectivity index (χ0v) is 19.2. The number of nitriles is 1.